The van der Waals surface area contributed by atoms with Gasteiger partial charge in [0.15, 0.2) is 0 Å². The summed E-state index contributed by atoms with van der Waals surface area (Å²) in [7, 11) is 0. The van der Waals surface area contributed by atoms with Crippen molar-refractivity contribution in [2.45, 2.75) is 6.92 Å². The van der Waals surface area contributed by atoms with Crippen LogP contribution in [-0.4, -0.2) is 9.97 Å². The van der Waals surface area contributed by atoms with E-state index in [0.717, 1.165) is 10.0 Å². The first-order chi connectivity index (χ1) is 8.20. The van der Waals surface area contributed by atoms with Gasteiger partial charge >= 0.3 is 0 Å². The first kappa shape index (κ1) is 11.6. The van der Waals surface area contributed by atoms with Crippen LogP contribution in [0.1, 0.15) is 11.3 Å². The Hall–Kier alpha value is -1.93. The highest BCUT2D eigenvalue weighted by atomic mass is 79.9. The second-order valence-electron chi connectivity index (χ2n) is 3.33. The summed E-state index contributed by atoms with van der Waals surface area (Å²) in [4.78, 5) is 7.87. The van der Waals surface area contributed by atoms with E-state index in [1.807, 2.05) is 31.2 Å². The van der Waals surface area contributed by atoms with Crippen LogP contribution in [0.4, 0.5) is 0 Å². The highest BCUT2D eigenvalue weighted by Gasteiger charge is 2.08. The molecule has 0 spiro atoms. The minimum absolute atomic E-state index is 0.176. The quantitative estimate of drug-likeness (QED) is 0.852. The largest absolute Gasteiger partial charge is 0.436 e. The van der Waals surface area contributed by atoms with E-state index in [1.165, 1.54) is 12.4 Å². The zero-order valence-corrected chi connectivity index (χ0v) is 10.6. The van der Waals surface area contributed by atoms with Crippen LogP contribution in [0.15, 0.2) is 35.1 Å². The maximum atomic E-state index is 8.87. The van der Waals surface area contributed by atoms with E-state index in [9.17, 15) is 0 Å². The smallest absolute Gasteiger partial charge is 0.256 e. The molecule has 0 aliphatic carbocycles. The number of aromatic nitrogens is 2. The third kappa shape index (κ3) is 2.60. The lowest BCUT2D eigenvalue weighted by molar-refractivity contribution is 0.454. The van der Waals surface area contributed by atoms with Crippen molar-refractivity contribution in [3.05, 3.63) is 46.3 Å². The lowest BCUT2D eigenvalue weighted by Gasteiger charge is -2.08. The van der Waals surface area contributed by atoms with Crippen molar-refractivity contribution < 1.29 is 4.74 Å². The van der Waals surface area contributed by atoms with Crippen LogP contribution in [0, 0.1) is 18.3 Å². The first-order valence-corrected chi connectivity index (χ1v) is 5.65. The Bertz CT molecular complexity index is 593. The molecule has 0 aliphatic rings. The minimum atomic E-state index is 0.176. The molecule has 0 saturated heterocycles. The SMILES string of the molecule is Cc1cc(Br)ccc1Oc1nccnc1C#N. The van der Waals surface area contributed by atoms with Gasteiger partial charge in [-0.15, -0.1) is 0 Å². The van der Waals surface area contributed by atoms with Crippen LogP contribution >= 0.6 is 15.9 Å². The monoisotopic (exact) mass is 289 g/mol. The van der Waals surface area contributed by atoms with Gasteiger partial charge in [0.2, 0.25) is 5.69 Å². The Morgan fingerprint density at radius 2 is 2.06 bits per heavy atom. The van der Waals surface area contributed by atoms with Gasteiger partial charge in [0, 0.05) is 16.9 Å². The van der Waals surface area contributed by atoms with Crippen molar-refractivity contribution in [3.63, 3.8) is 0 Å². The number of nitriles is 1. The molecular weight excluding hydrogens is 282 g/mol. The molecule has 0 radical (unpaired) electrons. The molecule has 0 N–H and O–H groups in total. The molecule has 0 atom stereocenters. The van der Waals surface area contributed by atoms with Crippen LogP contribution in [0.2, 0.25) is 0 Å². The van der Waals surface area contributed by atoms with Gasteiger partial charge in [-0.1, -0.05) is 15.9 Å². The summed E-state index contributed by atoms with van der Waals surface area (Å²) < 4.78 is 6.54. The normalized spacial score (nSPS) is 9.71. The molecular formula is C12H8BrN3O. The summed E-state index contributed by atoms with van der Waals surface area (Å²) in [5, 5.41) is 8.87. The first-order valence-electron chi connectivity index (χ1n) is 4.86. The molecule has 0 saturated carbocycles. The third-order valence-corrected chi connectivity index (χ3v) is 2.61. The molecule has 1 aromatic carbocycles. The van der Waals surface area contributed by atoms with E-state index in [1.54, 1.807) is 0 Å². The predicted molar refractivity (Wildman–Crippen MR) is 65.7 cm³/mol. The minimum Gasteiger partial charge on any atom is -0.436 e. The zero-order valence-electron chi connectivity index (χ0n) is 9.01. The van der Waals surface area contributed by atoms with Gasteiger partial charge in [0.25, 0.3) is 5.88 Å². The number of hydrogen-bond donors (Lipinski definition) is 0. The fourth-order valence-electron chi connectivity index (χ4n) is 1.31. The average molecular weight is 290 g/mol. The molecule has 17 heavy (non-hydrogen) atoms. The van der Waals surface area contributed by atoms with E-state index < -0.39 is 0 Å². The van der Waals surface area contributed by atoms with Gasteiger partial charge in [-0.05, 0) is 30.7 Å². The predicted octanol–water partition coefficient (Wildman–Crippen LogP) is 3.21. The summed E-state index contributed by atoms with van der Waals surface area (Å²) in [6.45, 7) is 1.92. The lowest BCUT2D eigenvalue weighted by Crippen LogP contribution is -1.95. The molecule has 2 aromatic rings. The van der Waals surface area contributed by atoms with Crippen molar-refractivity contribution in [3.8, 4) is 17.7 Å². The summed E-state index contributed by atoms with van der Waals surface area (Å²) in [5.74, 6) is 0.880. The Kier molecular flexibility index (Phi) is 3.35. The maximum Gasteiger partial charge on any atom is 0.256 e. The maximum absolute atomic E-state index is 8.87. The standard InChI is InChI=1S/C12H8BrN3O/c1-8-6-9(13)2-3-11(8)17-12-10(7-14)15-4-5-16-12/h2-6H,1H3. The second kappa shape index (κ2) is 4.93. The van der Waals surface area contributed by atoms with Gasteiger partial charge in [-0.25, -0.2) is 9.97 Å². The average Bonchev–Trinajstić information content (AvgIpc) is 2.33. The molecule has 0 unspecified atom stereocenters. The fourth-order valence-corrected chi connectivity index (χ4v) is 1.78. The number of halogens is 1. The van der Waals surface area contributed by atoms with E-state index in [-0.39, 0.29) is 11.6 Å². The number of rotatable bonds is 2. The highest BCUT2D eigenvalue weighted by molar-refractivity contribution is 9.10. The molecule has 1 heterocycles. The number of benzene rings is 1. The molecule has 0 bridgehead atoms. The Morgan fingerprint density at radius 3 is 2.76 bits per heavy atom. The fraction of sp³-hybridized carbons (Fsp3) is 0.0833. The van der Waals surface area contributed by atoms with Gasteiger partial charge in [-0.3, -0.25) is 0 Å². The van der Waals surface area contributed by atoms with E-state index in [4.69, 9.17) is 10.00 Å². The molecule has 5 heteroatoms. The van der Waals surface area contributed by atoms with Crippen molar-refractivity contribution >= 4 is 15.9 Å². The Balaban J connectivity index is 2.35. The molecule has 2 rings (SSSR count). The van der Waals surface area contributed by atoms with Gasteiger partial charge in [0.05, 0.1) is 0 Å². The Labute approximate surface area is 107 Å². The summed E-state index contributed by atoms with van der Waals surface area (Å²) in [5.41, 5.74) is 1.13. The molecule has 84 valence electrons. The number of hydrogen-bond acceptors (Lipinski definition) is 4. The number of ether oxygens (including phenoxy) is 1. The van der Waals surface area contributed by atoms with Crippen LogP contribution in [0.5, 0.6) is 11.6 Å². The van der Waals surface area contributed by atoms with Crippen molar-refractivity contribution in [2.24, 2.45) is 0 Å². The number of aryl methyl sites for hydroxylation is 1. The number of nitrogens with zero attached hydrogens (tertiary/aromatic N) is 3. The molecule has 0 fully saturated rings. The van der Waals surface area contributed by atoms with E-state index in [2.05, 4.69) is 25.9 Å². The van der Waals surface area contributed by atoms with E-state index in [0.29, 0.717) is 5.75 Å². The van der Waals surface area contributed by atoms with Crippen molar-refractivity contribution in [1.82, 2.24) is 9.97 Å². The second-order valence-corrected chi connectivity index (χ2v) is 4.25. The summed E-state index contributed by atoms with van der Waals surface area (Å²) in [6.07, 6.45) is 2.95. The molecule has 1 aromatic heterocycles. The van der Waals surface area contributed by atoms with Gasteiger partial charge in [0.1, 0.15) is 11.8 Å². The lowest BCUT2D eigenvalue weighted by atomic mass is 10.2. The van der Waals surface area contributed by atoms with Crippen molar-refractivity contribution in [1.29, 1.82) is 5.26 Å². The molecule has 0 aliphatic heterocycles. The van der Waals surface area contributed by atoms with E-state index >= 15 is 0 Å². The van der Waals surface area contributed by atoms with Crippen LogP contribution in [-0.2, 0) is 0 Å². The third-order valence-electron chi connectivity index (χ3n) is 2.11. The molecule has 0 amide bonds. The summed E-state index contributed by atoms with van der Waals surface area (Å²) >= 11 is 3.37. The van der Waals surface area contributed by atoms with Crippen molar-refractivity contribution in [2.75, 3.05) is 0 Å². The van der Waals surface area contributed by atoms with Crippen LogP contribution in [0.25, 0.3) is 0 Å². The molecule has 4 nitrogen and oxygen atoms in total. The Morgan fingerprint density at radius 1 is 1.29 bits per heavy atom. The van der Waals surface area contributed by atoms with Crippen LogP contribution < -0.4 is 4.74 Å². The summed E-state index contributed by atoms with van der Waals surface area (Å²) in [6, 6.07) is 7.55. The highest BCUT2D eigenvalue weighted by Crippen LogP contribution is 2.27. The van der Waals surface area contributed by atoms with Gasteiger partial charge < -0.3 is 4.74 Å². The zero-order chi connectivity index (χ0) is 12.3. The van der Waals surface area contributed by atoms with Crippen LogP contribution in [0.3, 0.4) is 0 Å². The topological polar surface area (TPSA) is 58.8 Å². The van der Waals surface area contributed by atoms with Gasteiger partial charge in [-0.2, -0.15) is 5.26 Å².